The maximum atomic E-state index is 12.6. The molecule has 1 N–H and O–H groups in total. The second-order valence-electron chi connectivity index (χ2n) is 4.64. The monoisotopic (exact) mass is 297 g/mol. The van der Waals surface area contributed by atoms with E-state index in [0.717, 1.165) is 10.7 Å². The lowest BCUT2D eigenvalue weighted by molar-refractivity contribution is -0.141. The number of carbonyl (C=O) groups excluding carboxylic acids is 1. The molecule has 4 nitrogen and oxygen atoms in total. The number of halogens is 3. The van der Waals surface area contributed by atoms with Crippen molar-refractivity contribution in [3.05, 3.63) is 47.8 Å². The van der Waals surface area contributed by atoms with E-state index >= 15 is 0 Å². The molecule has 1 heterocycles. The zero-order chi connectivity index (χ0) is 15.6. The highest BCUT2D eigenvalue weighted by molar-refractivity contribution is 5.93. The lowest BCUT2D eigenvalue weighted by Gasteiger charge is -2.14. The van der Waals surface area contributed by atoms with Gasteiger partial charge < -0.3 is 5.32 Å². The van der Waals surface area contributed by atoms with Gasteiger partial charge in [-0.2, -0.15) is 18.3 Å². The molecule has 0 aliphatic carbocycles. The number of para-hydroxylation sites is 1. The Hall–Kier alpha value is -2.31. The van der Waals surface area contributed by atoms with E-state index < -0.39 is 23.8 Å². The molecule has 0 fully saturated rings. The predicted octanol–water partition coefficient (Wildman–Crippen LogP) is 3.41. The zero-order valence-electron chi connectivity index (χ0n) is 11.5. The number of alkyl halides is 3. The fraction of sp³-hybridized carbons (Fsp3) is 0.286. The Bertz CT molecular complexity index is 635. The average molecular weight is 297 g/mol. The Labute approximate surface area is 119 Å². The summed E-state index contributed by atoms with van der Waals surface area (Å²) in [6.45, 7) is 2.98. The number of rotatable bonds is 3. The predicted molar refractivity (Wildman–Crippen MR) is 71.7 cm³/mol. The third kappa shape index (κ3) is 3.42. The number of aromatic nitrogens is 2. The van der Waals surface area contributed by atoms with E-state index in [1.807, 2.05) is 0 Å². The van der Waals surface area contributed by atoms with Crippen LogP contribution in [0, 0.1) is 6.92 Å². The minimum absolute atomic E-state index is 0.276. The first-order valence-corrected chi connectivity index (χ1v) is 6.28. The summed E-state index contributed by atoms with van der Waals surface area (Å²) in [6, 6.07) is 8.77. The molecule has 7 heteroatoms. The van der Waals surface area contributed by atoms with Crippen molar-refractivity contribution in [3.8, 4) is 0 Å². The number of anilines is 1. The van der Waals surface area contributed by atoms with Crippen molar-refractivity contribution in [1.29, 1.82) is 0 Å². The maximum Gasteiger partial charge on any atom is 0.435 e. The van der Waals surface area contributed by atoms with Crippen LogP contribution >= 0.6 is 0 Å². The van der Waals surface area contributed by atoms with Crippen molar-refractivity contribution < 1.29 is 18.0 Å². The molecule has 1 aromatic carbocycles. The van der Waals surface area contributed by atoms with Crippen LogP contribution in [0.3, 0.4) is 0 Å². The number of carbonyl (C=O) groups is 1. The van der Waals surface area contributed by atoms with Crippen molar-refractivity contribution in [2.75, 3.05) is 5.32 Å². The number of hydrogen-bond acceptors (Lipinski definition) is 2. The van der Waals surface area contributed by atoms with E-state index in [4.69, 9.17) is 0 Å². The minimum Gasteiger partial charge on any atom is -0.324 e. The molecule has 0 saturated heterocycles. The smallest absolute Gasteiger partial charge is 0.324 e. The number of nitrogens with one attached hydrogen (secondary N) is 1. The quantitative estimate of drug-likeness (QED) is 0.943. The summed E-state index contributed by atoms with van der Waals surface area (Å²) < 4.78 is 38.9. The summed E-state index contributed by atoms with van der Waals surface area (Å²) in [7, 11) is 0. The van der Waals surface area contributed by atoms with Gasteiger partial charge in [-0.3, -0.25) is 9.48 Å². The van der Waals surface area contributed by atoms with Gasteiger partial charge in [0.05, 0.1) is 0 Å². The van der Waals surface area contributed by atoms with E-state index in [9.17, 15) is 18.0 Å². The van der Waals surface area contributed by atoms with Crippen molar-refractivity contribution in [3.63, 3.8) is 0 Å². The Morgan fingerprint density at radius 2 is 1.90 bits per heavy atom. The highest BCUT2D eigenvalue weighted by Gasteiger charge is 2.35. The van der Waals surface area contributed by atoms with Crippen LogP contribution in [0.5, 0.6) is 0 Å². The van der Waals surface area contributed by atoms with E-state index in [1.165, 1.54) is 13.8 Å². The molecule has 2 rings (SSSR count). The molecule has 1 atom stereocenters. The molecule has 1 unspecified atom stereocenters. The van der Waals surface area contributed by atoms with E-state index in [2.05, 4.69) is 10.4 Å². The van der Waals surface area contributed by atoms with Crippen molar-refractivity contribution in [2.24, 2.45) is 0 Å². The third-order valence-corrected chi connectivity index (χ3v) is 3.00. The highest BCUT2D eigenvalue weighted by Crippen LogP contribution is 2.29. The molecule has 0 aliphatic rings. The summed E-state index contributed by atoms with van der Waals surface area (Å²) >= 11 is 0. The fourth-order valence-electron chi connectivity index (χ4n) is 1.90. The van der Waals surface area contributed by atoms with Crippen LogP contribution < -0.4 is 5.32 Å². The van der Waals surface area contributed by atoms with Gasteiger partial charge in [-0.1, -0.05) is 18.2 Å². The van der Waals surface area contributed by atoms with Crippen LogP contribution in [0.1, 0.15) is 24.4 Å². The van der Waals surface area contributed by atoms with Crippen LogP contribution in [0.25, 0.3) is 0 Å². The van der Waals surface area contributed by atoms with Crippen molar-refractivity contribution in [1.82, 2.24) is 9.78 Å². The molecule has 0 radical (unpaired) electrons. The van der Waals surface area contributed by atoms with Crippen LogP contribution in [-0.4, -0.2) is 15.7 Å². The van der Waals surface area contributed by atoms with Gasteiger partial charge in [0, 0.05) is 11.4 Å². The number of aryl methyl sites for hydroxylation is 1. The van der Waals surface area contributed by atoms with Gasteiger partial charge in [0.2, 0.25) is 5.91 Å². The van der Waals surface area contributed by atoms with Gasteiger partial charge >= 0.3 is 6.18 Å². The van der Waals surface area contributed by atoms with E-state index in [0.29, 0.717) is 5.69 Å². The standard InChI is InChI=1S/C14H14F3N3O/c1-9-8-12(14(15,16)17)19-20(9)10(2)13(21)18-11-6-4-3-5-7-11/h3-8,10H,1-2H3,(H,18,21). The Kier molecular flexibility index (Phi) is 4.02. The summed E-state index contributed by atoms with van der Waals surface area (Å²) in [6.07, 6.45) is -4.52. The molecule has 21 heavy (non-hydrogen) atoms. The number of hydrogen-bond donors (Lipinski definition) is 1. The molecule has 1 amide bonds. The topological polar surface area (TPSA) is 46.9 Å². The highest BCUT2D eigenvalue weighted by atomic mass is 19.4. The largest absolute Gasteiger partial charge is 0.435 e. The average Bonchev–Trinajstić information content (AvgIpc) is 2.81. The molecule has 0 aliphatic heterocycles. The number of nitrogens with zero attached hydrogens (tertiary/aromatic N) is 2. The first-order chi connectivity index (χ1) is 9.79. The summed E-state index contributed by atoms with van der Waals surface area (Å²) in [5.74, 6) is -0.430. The molecular formula is C14H14F3N3O. The Morgan fingerprint density at radius 1 is 1.29 bits per heavy atom. The van der Waals surface area contributed by atoms with Crippen molar-refractivity contribution in [2.45, 2.75) is 26.1 Å². The van der Waals surface area contributed by atoms with E-state index in [-0.39, 0.29) is 5.69 Å². The van der Waals surface area contributed by atoms with Crippen LogP contribution in [0.4, 0.5) is 18.9 Å². The molecule has 0 saturated carbocycles. The molecule has 1 aromatic heterocycles. The van der Waals surface area contributed by atoms with Crippen LogP contribution in [0.2, 0.25) is 0 Å². The van der Waals surface area contributed by atoms with Gasteiger partial charge in [-0.25, -0.2) is 0 Å². The molecule has 2 aromatic rings. The summed E-state index contributed by atoms with van der Waals surface area (Å²) in [4.78, 5) is 12.1. The number of amides is 1. The lowest BCUT2D eigenvalue weighted by Crippen LogP contribution is -2.25. The SMILES string of the molecule is Cc1cc(C(F)(F)F)nn1C(C)C(=O)Nc1ccccc1. The van der Waals surface area contributed by atoms with Crippen LogP contribution in [-0.2, 0) is 11.0 Å². The molecular weight excluding hydrogens is 283 g/mol. The van der Waals surface area contributed by atoms with Gasteiger partial charge in [0.15, 0.2) is 5.69 Å². The minimum atomic E-state index is -4.52. The lowest BCUT2D eigenvalue weighted by atomic mass is 10.2. The Morgan fingerprint density at radius 3 is 2.43 bits per heavy atom. The maximum absolute atomic E-state index is 12.6. The normalized spacial score (nSPS) is 13.0. The second-order valence-corrected chi connectivity index (χ2v) is 4.64. The summed E-state index contributed by atoms with van der Waals surface area (Å²) in [5, 5.41) is 6.11. The molecule has 112 valence electrons. The Balaban J connectivity index is 2.18. The first kappa shape index (κ1) is 15.1. The van der Waals surface area contributed by atoms with Gasteiger partial charge in [-0.05, 0) is 32.0 Å². The summed E-state index contributed by atoms with van der Waals surface area (Å²) in [5.41, 5.74) is -0.146. The molecule has 0 bridgehead atoms. The van der Waals surface area contributed by atoms with Gasteiger partial charge in [-0.15, -0.1) is 0 Å². The molecule has 0 spiro atoms. The van der Waals surface area contributed by atoms with Gasteiger partial charge in [0.25, 0.3) is 0 Å². The fourth-order valence-corrected chi connectivity index (χ4v) is 1.90. The third-order valence-electron chi connectivity index (χ3n) is 3.00. The van der Waals surface area contributed by atoms with Crippen LogP contribution in [0.15, 0.2) is 36.4 Å². The number of benzene rings is 1. The van der Waals surface area contributed by atoms with E-state index in [1.54, 1.807) is 30.3 Å². The first-order valence-electron chi connectivity index (χ1n) is 6.28. The van der Waals surface area contributed by atoms with Crippen molar-refractivity contribution >= 4 is 11.6 Å². The zero-order valence-corrected chi connectivity index (χ0v) is 11.5. The van der Waals surface area contributed by atoms with Gasteiger partial charge in [0.1, 0.15) is 6.04 Å². The second kappa shape index (κ2) is 5.59.